The average Bonchev–Trinajstić information content (AvgIpc) is 2.68. The fourth-order valence-corrected chi connectivity index (χ4v) is 1.92. The average molecular weight is 233 g/mol. The summed E-state index contributed by atoms with van der Waals surface area (Å²) in [5, 5.41) is 9.91. The molecule has 0 aliphatic rings. The molecule has 0 bridgehead atoms. The van der Waals surface area contributed by atoms with Gasteiger partial charge in [-0.15, -0.1) is 0 Å². The van der Waals surface area contributed by atoms with Gasteiger partial charge >= 0.3 is 5.97 Å². The van der Waals surface area contributed by atoms with Gasteiger partial charge in [-0.25, -0.2) is 4.79 Å². The molecule has 1 N–H and O–H groups in total. The molecule has 0 saturated carbocycles. The number of carbonyl (C=O) groups is 1. The van der Waals surface area contributed by atoms with Crippen molar-refractivity contribution >= 4 is 16.9 Å². The third-order valence-electron chi connectivity index (χ3n) is 2.88. The van der Waals surface area contributed by atoms with Gasteiger partial charge in [-0.1, -0.05) is 18.2 Å². The molecule has 1 aromatic carbocycles. The molecule has 4 heteroatoms. The van der Waals surface area contributed by atoms with Crippen molar-refractivity contribution < 1.29 is 14.6 Å². The van der Waals surface area contributed by atoms with Gasteiger partial charge in [0.2, 0.25) is 0 Å². The second kappa shape index (κ2) is 4.59. The smallest absolute Gasteiger partial charge is 0.337 e. The first-order valence-electron chi connectivity index (χ1n) is 5.47. The van der Waals surface area contributed by atoms with Crippen LogP contribution in [0.3, 0.4) is 0 Å². The predicted octanol–water partition coefficient (Wildman–Crippen LogP) is 2.37. The number of rotatable bonds is 4. The maximum Gasteiger partial charge on any atom is 0.337 e. The number of carboxylic acid groups (broad SMARTS) is 1. The number of hydrogen-bond donors (Lipinski definition) is 1. The second-order valence-corrected chi connectivity index (χ2v) is 4.06. The first-order valence-corrected chi connectivity index (χ1v) is 5.47. The van der Waals surface area contributed by atoms with Crippen molar-refractivity contribution in [3.8, 4) is 0 Å². The van der Waals surface area contributed by atoms with Crippen LogP contribution in [0, 0.1) is 0 Å². The Bertz CT molecular complexity index is 545. The van der Waals surface area contributed by atoms with E-state index < -0.39 is 5.97 Å². The molecule has 1 aromatic heterocycles. The molecule has 0 amide bonds. The minimum Gasteiger partial charge on any atom is -0.478 e. The number of carboxylic acids is 1. The summed E-state index contributed by atoms with van der Waals surface area (Å²) in [4.78, 5) is 11.1. The van der Waals surface area contributed by atoms with Gasteiger partial charge in [0.25, 0.3) is 0 Å². The van der Waals surface area contributed by atoms with E-state index in [0.29, 0.717) is 12.1 Å². The molecule has 0 saturated heterocycles. The summed E-state index contributed by atoms with van der Waals surface area (Å²) < 4.78 is 7.13. The molecule has 1 atom stereocenters. The summed E-state index contributed by atoms with van der Waals surface area (Å²) in [7, 11) is 1.65. The van der Waals surface area contributed by atoms with Crippen LogP contribution in [-0.2, 0) is 11.3 Å². The van der Waals surface area contributed by atoms with Crippen LogP contribution in [-0.4, -0.2) is 28.9 Å². The summed E-state index contributed by atoms with van der Waals surface area (Å²) >= 11 is 0. The number of benzene rings is 1. The highest BCUT2D eigenvalue weighted by atomic mass is 16.5. The molecule has 17 heavy (non-hydrogen) atoms. The second-order valence-electron chi connectivity index (χ2n) is 4.06. The van der Waals surface area contributed by atoms with E-state index in [0.717, 1.165) is 10.9 Å². The normalized spacial score (nSPS) is 12.8. The lowest BCUT2D eigenvalue weighted by atomic mass is 10.2. The zero-order chi connectivity index (χ0) is 12.4. The first-order chi connectivity index (χ1) is 8.13. The van der Waals surface area contributed by atoms with Crippen molar-refractivity contribution in [1.29, 1.82) is 0 Å². The van der Waals surface area contributed by atoms with Gasteiger partial charge in [0.15, 0.2) is 0 Å². The van der Waals surface area contributed by atoms with Gasteiger partial charge in [-0.2, -0.15) is 0 Å². The summed E-state index contributed by atoms with van der Waals surface area (Å²) in [6.45, 7) is 2.60. The van der Waals surface area contributed by atoms with Crippen LogP contribution in [0.5, 0.6) is 0 Å². The summed E-state index contributed by atoms with van der Waals surface area (Å²) in [5.41, 5.74) is 1.26. The summed E-state index contributed by atoms with van der Waals surface area (Å²) in [5.74, 6) is -0.898. The van der Waals surface area contributed by atoms with Crippen molar-refractivity contribution in [3.63, 3.8) is 0 Å². The molecule has 0 aliphatic carbocycles. The maximum atomic E-state index is 11.1. The lowest BCUT2D eigenvalue weighted by Gasteiger charge is -2.11. The Balaban J connectivity index is 2.52. The number of aromatic nitrogens is 1. The molecule has 1 unspecified atom stereocenters. The van der Waals surface area contributed by atoms with E-state index in [1.165, 1.54) is 0 Å². The van der Waals surface area contributed by atoms with Crippen LogP contribution < -0.4 is 0 Å². The largest absolute Gasteiger partial charge is 0.478 e. The molecule has 0 aliphatic heterocycles. The first kappa shape index (κ1) is 11.7. The Labute approximate surface area is 99.4 Å². The number of para-hydroxylation sites is 1. The van der Waals surface area contributed by atoms with Crippen molar-refractivity contribution in [2.24, 2.45) is 0 Å². The van der Waals surface area contributed by atoms with Crippen LogP contribution in [0.25, 0.3) is 10.9 Å². The Morgan fingerprint density at radius 1 is 1.47 bits per heavy atom. The Kier molecular flexibility index (Phi) is 3.15. The minimum atomic E-state index is -0.898. The molecular weight excluding hydrogens is 218 g/mol. The van der Waals surface area contributed by atoms with Crippen LogP contribution >= 0.6 is 0 Å². The highest BCUT2D eigenvalue weighted by Gasteiger charge is 2.14. The number of nitrogens with zero attached hydrogens (tertiary/aromatic N) is 1. The fourth-order valence-electron chi connectivity index (χ4n) is 1.92. The fraction of sp³-hybridized carbons (Fsp3) is 0.308. The molecule has 90 valence electrons. The molecule has 0 spiro atoms. The molecule has 2 aromatic rings. The van der Waals surface area contributed by atoms with Gasteiger partial charge in [0.1, 0.15) is 0 Å². The zero-order valence-corrected chi connectivity index (χ0v) is 9.88. The van der Waals surface area contributed by atoms with E-state index in [9.17, 15) is 4.79 Å². The molecule has 1 heterocycles. The Morgan fingerprint density at radius 2 is 2.18 bits per heavy atom. The zero-order valence-electron chi connectivity index (χ0n) is 9.88. The van der Waals surface area contributed by atoms with Crippen molar-refractivity contribution in [3.05, 3.63) is 36.0 Å². The lowest BCUT2D eigenvalue weighted by Crippen LogP contribution is -2.13. The number of methoxy groups -OCH3 is 1. The minimum absolute atomic E-state index is 0.0486. The third-order valence-corrected chi connectivity index (χ3v) is 2.88. The van der Waals surface area contributed by atoms with Gasteiger partial charge in [0, 0.05) is 30.8 Å². The monoisotopic (exact) mass is 233 g/mol. The summed E-state index contributed by atoms with van der Waals surface area (Å²) in [6.07, 6.45) is 1.72. The molecule has 0 fully saturated rings. The van der Waals surface area contributed by atoms with Gasteiger partial charge in [0.05, 0.1) is 11.7 Å². The van der Waals surface area contributed by atoms with E-state index in [1.54, 1.807) is 13.3 Å². The van der Waals surface area contributed by atoms with Crippen molar-refractivity contribution in [2.45, 2.75) is 19.6 Å². The standard InChI is InChI=1S/C13H15NO3/c1-9(17-2)7-14-8-11(13(15)16)10-5-3-4-6-12(10)14/h3-6,8-9H,7H2,1-2H3,(H,15,16). The number of fused-ring (bicyclic) bond motifs is 1. The van der Waals surface area contributed by atoms with Gasteiger partial charge < -0.3 is 14.4 Å². The lowest BCUT2D eigenvalue weighted by molar-refractivity contribution is 0.0697. The molecular formula is C13H15NO3. The number of hydrogen-bond acceptors (Lipinski definition) is 2. The van der Waals surface area contributed by atoms with Gasteiger partial charge in [-0.05, 0) is 13.0 Å². The predicted molar refractivity (Wildman–Crippen MR) is 65.4 cm³/mol. The van der Waals surface area contributed by atoms with Crippen molar-refractivity contribution in [1.82, 2.24) is 4.57 Å². The van der Waals surface area contributed by atoms with E-state index in [2.05, 4.69) is 0 Å². The van der Waals surface area contributed by atoms with Gasteiger partial charge in [-0.3, -0.25) is 0 Å². The van der Waals surface area contributed by atoms with Crippen molar-refractivity contribution in [2.75, 3.05) is 7.11 Å². The van der Waals surface area contributed by atoms with E-state index in [1.807, 2.05) is 35.8 Å². The highest BCUT2D eigenvalue weighted by molar-refractivity contribution is 6.03. The maximum absolute atomic E-state index is 11.1. The molecule has 4 nitrogen and oxygen atoms in total. The number of ether oxygens (including phenoxy) is 1. The number of aromatic carboxylic acids is 1. The highest BCUT2D eigenvalue weighted by Crippen LogP contribution is 2.21. The Morgan fingerprint density at radius 3 is 2.82 bits per heavy atom. The van der Waals surface area contributed by atoms with Crippen LogP contribution in [0.15, 0.2) is 30.5 Å². The molecule has 0 radical (unpaired) electrons. The summed E-state index contributed by atoms with van der Waals surface area (Å²) in [6, 6.07) is 7.50. The van der Waals surface area contributed by atoms with Crippen LogP contribution in [0.1, 0.15) is 17.3 Å². The quantitative estimate of drug-likeness (QED) is 0.882. The topological polar surface area (TPSA) is 51.5 Å². The Hall–Kier alpha value is -1.81. The third kappa shape index (κ3) is 2.17. The van der Waals surface area contributed by atoms with E-state index in [4.69, 9.17) is 9.84 Å². The van der Waals surface area contributed by atoms with E-state index >= 15 is 0 Å². The van der Waals surface area contributed by atoms with E-state index in [-0.39, 0.29) is 6.10 Å². The SMILES string of the molecule is COC(C)Cn1cc(C(=O)O)c2ccccc21. The molecule has 2 rings (SSSR count). The van der Waals surface area contributed by atoms with Crippen LogP contribution in [0.4, 0.5) is 0 Å². The van der Waals surface area contributed by atoms with Crippen LogP contribution in [0.2, 0.25) is 0 Å².